The molecule has 0 spiro atoms. The maximum Gasteiger partial charge on any atom is 0.0684 e. The van der Waals surface area contributed by atoms with Crippen LogP contribution < -0.4 is 0 Å². The number of aliphatic hydroxyl groups is 1. The van der Waals surface area contributed by atoms with Crippen molar-refractivity contribution >= 4 is 0 Å². The van der Waals surface area contributed by atoms with Crippen LogP contribution in [0.15, 0.2) is 0 Å². The average Bonchev–Trinajstić information content (AvgIpc) is 2.14. The molecule has 3 heteroatoms. The summed E-state index contributed by atoms with van der Waals surface area (Å²) in [5, 5.41) is 18.0. The molecule has 82 valence electrons. The molecule has 0 unspecified atom stereocenters. The molecule has 0 bridgehead atoms. The first-order chi connectivity index (χ1) is 6.25. The van der Waals surface area contributed by atoms with Crippen molar-refractivity contribution in [3.8, 4) is 6.07 Å². The van der Waals surface area contributed by atoms with Crippen molar-refractivity contribution in [1.82, 2.24) is 4.90 Å². The molecular formula is C11H22N2O. The Balaban J connectivity index is 4.11. The SMILES string of the molecule is CN(CCC(C)(C)C#N)C(C)(C)CO. The third-order valence-electron chi connectivity index (χ3n) is 2.80. The van der Waals surface area contributed by atoms with E-state index in [4.69, 9.17) is 10.4 Å². The van der Waals surface area contributed by atoms with E-state index in [1.54, 1.807) is 0 Å². The van der Waals surface area contributed by atoms with Crippen molar-refractivity contribution in [2.75, 3.05) is 20.2 Å². The Labute approximate surface area is 87.3 Å². The quantitative estimate of drug-likeness (QED) is 0.730. The number of hydrogen-bond acceptors (Lipinski definition) is 3. The Morgan fingerprint density at radius 1 is 1.29 bits per heavy atom. The van der Waals surface area contributed by atoms with Crippen LogP contribution in [0.2, 0.25) is 0 Å². The Morgan fingerprint density at radius 3 is 2.14 bits per heavy atom. The van der Waals surface area contributed by atoms with E-state index in [9.17, 15) is 0 Å². The molecule has 0 aliphatic rings. The van der Waals surface area contributed by atoms with Gasteiger partial charge in [-0.25, -0.2) is 0 Å². The molecule has 0 aromatic carbocycles. The van der Waals surface area contributed by atoms with Crippen molar-refractivity contribution in [1.29, 1.82) is 5.26 Å². The lowest BCUT2D eigenvalue weighted by atomic mass is 9.90. The van der Waals surface area contributed by atoms with Crippen molar-refractivity contribution in [2.45, 2.75) is 39.7 Å². The molecular weight excluding hydrogens is 176 g/mol. The lowest BCUT2D eigenvalue weighted by Crippen LogP contribution is -2.45. The smallest absolute Gasteiger partial charge is 0.0684 e. The Morgan fingerprint density at radius 2 is 1.79 bits per heavy atom. The van der Waals surface area contributed by atoms with E-state index in [1.165, 1.54) is 0 Å². The maximum absolute atomic E-state index is 9.14. The first-order valence-corrected chi connectivity index (χ1v) is 4.98. The van der Waals surface area contributed by atoms with Gasteiger partial charge in [-0.2, -0.15) is 5.26 Å². The zero-order valence-corrected chi connectivity index (χ0v) is 9.96. The second kappa shape index (κ2) is 4.77. The topological polar surface area (TPSA) is 47.3 Å². The van der Waals surface area contributed by atoms with Gasteiger partial charge in [0, 0.05) is 5.54 Å². The van der Waals surface area contributed by atoms with Crippen molar-refractivity contribution < 1.29 is 5.11 Å². The number of aliphatic hydroxyl groups excluding tert-OH is 1. The summed E-state index contributed by atoms with van der Waals surface area (Å²) >= 11 is 0. The minimum absolute atomic E-state index is 0.135. The minimum Gasteiger partial charge on any atom is -0.394 e. The highest BCUT2D eigenvalue weighted by atomic mass is 16.3. The normalized spacial score (nSPS) is 13.0. The van der Waals surface area contributed by atoms with Gasteiger partial charge in [-0.15, -0.1) is 0 Å². The van der Waals surface area contributed by atoms with E-state index in [0.29, 0.717) is 0 Å². The molecule has 0 heterocycles. The second-order valence-corrected chi connectivity index (χ2v) is 5.14. The van der Waals surface area contributed by atoms with Crippen LogP contribution in [0.3, 0.4) is 0 Å². The highest BCUT2D eigenvalue weighted by Gasteiger charge is 2.25. The van der Waals surface area contributed by atoms with Gasteiger partial charge in [-0.05, 0) is 47.7 Å². The molecule has 0 amide bonds. The van der Waals surface area contributed by atoms with Crippen LogP contribution in [-0.4, -0.2) is 35.7 Å². The van der Waals surface area contributed by atoms with E-state index >= 15 is 0 Å². The predicted molar refractivity (Wildman–Crippen MR) is 57.8 cm³/mol. The fourth-order valence-electron chi connectivity index (χ4n) is 0.926. The van der Waals surface area contributed by atoms with E-state index < -0.39 is 0 Å². The standard InChI is InChI=1S/C11H22N2O/c1-10(2,8-12)6-7-13(5)11(3,4)9-14/h14H,6-7,9H2,1-5H3. The highest BCUT2D eigenvalue weighted by Crippen LogP contribution is 2.21. The molecule has 0 atom stereocenters. The first kappa shape index (κ1) is 13.4. The summed E-state index contributed by atoms with van der Waals surface area (Å²) in [6.45, 7) is 8.82. The third-order valence-corrected chi connectivity index (χ3v) is 2.80. The Hall–Kier alpha value is -0.590. The number of nitriles is 1. The van der Waals surface area contributed by atoms with Crippen LogP contribution in [-0.2, 0) is 0 Å². The number of nitrogens with zero attached hydrogens (tertiary/aromatic N) is 2. The minimum atomic E-state index is -0.278. The Bertz CT molecular complexity index is 216. The van der Waals surface area contributed by atoms with Crippen molar-refractivity contribution in [2.24, 2.45) is 5.41 Å². The van der Waals surface area contributed by atoms with Crippen LogP contribution in [0.5, 0.6) is 0 Å². The molecule has 14 heavy (non-hydrogen) atoms. The van der Waals surface area contributed by atoms with Crippen LogP contribution in [0.1, 0.15) is 34.1 Å². The lowest BCUT2D eigenvalue weighted by Gasteiger charge is -2.35. The van der Waals surface area contributed by atoms with Crippen LogP contribution >= 0.6 is 0 Å². The van der Waals surface area contributed by atoms with Gasteiger partial charge in [0.2, 0.25) is 0 Å². The molecule has 0 saturated heterocycles. The largest absolute Gasteiger partial charge is 0.394 e. The molecule has 0 aliphatic carbocycles. The fourth-order valence-corrected chi connectivity index (χ4v) is 0.926. The van der Waals surface area contributed by atoms with Gasteiger partial charge in [0.05, 0.1) is 18.1 Å². The van der Waals surface area contributed by atoms with E-state index in [0.717, 1.165) is 13.0 Å². The molecule has 0 aliphatic heterocycles. The number of rotatable bonds is 5. The molecule has 3 nitrogen and oxygen atoms in total. The van der Waals surface area contributed by atoms with Gasteiger partial charge in [0.25, 0.3) is 0 Å². The van der Waals surface area contributed by atoms with E-state index in [2.05, 4.69) is 11.0 Å². The third kappa shape index (κ3) is 4.08. The molecule has 0 radical (unpaired) electrons. The molecule has 0 aromatic heterocycles. The van der Waals surface area contributed by atoms with Crippen molar-refractivity contribution in [3.05, 3.63) is 0 Å². The molecule has 0 rings (SSSR count). The first-order valence-electron chi connectivity index (χ1n) is 4.98. The van der Waals surface area contributed by atoms with Gasteiger partial charge in [-0.3, -0.25) is 4.90 Å². The second-order valence-electron chi connectivity index (χ2n) is 5.14. The average molecular weight is 198 g/mol. The number of hydrogen-bond donors (Lipinski definition) is 1. The summed E-state index contributed by atoms with van der Waals surface area (Å²) in [4.78, 5) is 2.09. The van der Waals surface area contributed by atoms with Crippen LogP contribution in [0, 0.1) is 16.7 Å². The summed E-state index contributed by atoms with van der Waals surface area (Å²) < 4.78 is 0. The van der Waals surface area contributed by atoms with Gasteiger partial charge in [0.1, 0.15) is 0 Å². The van der Waals surface area contributed by atoms with E-state index in [1.807, 2.05) is 34.7 Å². The van der Waals surface area contributed by atoms with Gasteiger partial charge in [0.15, 0.2) is 0 Å². The highest BCUT2D eigenvalue weighted by molar-refractivity contribution is 4.92. The van der Waals surface area contributed by atoms with Gasteiger partial charge in [-0.1, -0.05) is 0 Å². The van der Waals surface area contributed by atoms with E-state index in [-0.39, 0.29) is 17.6 Å². The maximum atomic E-state index is 9.14. The zero-order valence-electron chi connectivity index (χ0n) is 9.96. The Kier molecular flexibility index (Phi) is 4.57. The predicted octanol–water partition coefficient (Wildman–Crippen LogP) is 1.63. The summed E-state index contributed by atoms with van der Waals surface area (Å²) in [6.07, 6.45) is 0.823. The summed E-state index contributed by atoms with van der Waals surface area (Å²) in [5.74, 6) is 0. The lowest BCUT2D eigenvalue weighted by molar-refractivity contribution is 0.0727. The summed E-state index contributed by atoms with van der Waals surface area (Å²) in [5.41, 5.74) is -0.481. The summed E-state index contributed by atoms with van der Waals surface area (Å²) in [7, 11) is 1.98. The zero-order chi connectivity index (χ0) is 11.4. The summed E-state index contributed by atoms with van der Waals surface area (Å²) in [6, 6.07) is 2.28. The van der Waals surface area contributed by atoms with Gasteiger partial charge < -0.3 is 5.11 Å². The molecule has 1 N–H and O–H groups in total. The molecule has 0 aromatic rings. The van der Waals surface area contributed by atoms with Crippen LogP contribution in [0.25, 0.3) is 0 Å². The number of likely N-dealkylation sites (N-methyl/N-ethyl adjacent to an activating group) is 1. The van der Waals surface area contributed by atoms with Crippen LogP contribution in [0.4, 0.5) is 0 Å². The van der Waals surface area contributed by atoms with Crippen molar-refractivity contribution in [3.63, 3.8) is 0 Å². The molecule has 0 fully saturated rings. The molecule has 0 saturated carbocycles. The monoisotopic (exact) mass is 198 g/mol. The van der Waals surface area contributed by atoms with Gasteiger partial charge >= 0.3 is 0 Å². The fraction of sp³-hybridized carbons (Fsp3) is 0.909.